The van der Waals surface area contributed by atoms with Crippen LogP contribution in [0.5, 0.6) is 0 Å². The van der Waals surface area contributed by atoms with Gasteiger partial charge >= 0.3 is 0 Å². The second kappa shape index (κ2) is 4.84. The van der Waals surface area contributed by atoms with Crippen LogP contribution in [-0.4, -0.2) is 37.1 Å². The van der Waals surface area contributed by atoms with Crippen molar-refractivity contribution in [3.05, 3.63) is 24.0 Å². The van der Waals surface area contributed by atoms with Crippen molar-refractivity contribution >= 4 is 5.69 Å². The van der Waals surface area contributed by atoms with Crippen LogP contribution in [0.4, 0.5) is 5.69 Å². The zero-order valence-electron chi connectivity index (χ0n) is 10.5. The summed E-state index contributed by atoms with van der Waals surface area (Å²) in [5.41, 5.74) is 7.59. The van der Waals surface area contributed by atoms with E-state index in [2.05, 4.69) is 16.0 Å². The molecule has 18 heavy (non-hydrogen) atoms. The molecule has 0 radical (unpaired) electrons. The number of piperidine rings is 1. The molecule has 0 unspecified atom stereocenters. The summed E-state index contributed by atoms with van der Waals surface area (Å²) in [6.45, 7) is 3.71. The summed E-state index contributed by atoms with van der Waals surface area (Å²) in [7, 11) is 0. The molecule has 1 aromatic heterocycles. The van der Waals surface area contributed by atoms with Crippen LogP contribution >= 0.6 is 0 Å². The van der Waals surface area contributed by atoms with Crippen LogP contribution in [0.1, 0.15) is 18.5 Å². The Kier molecular flexibility index (Phi) is 3.20. The molecule has 0 aromatic carbocycles. The molecule has 0 aliphatic carbocycles. The van der Waals surface area contributed by atoms with Gasteiger partial charge in [0.05, 0.1) is 37.3 Å². The monoisotopic (exact) mass is 249 g/mol. The van der Waals surface area contributed by atoms with E-state index in [0.717, 1.165) is 37.3 Å². The van der Waals surface area contributed by atoms with Crippen LogP contribution in [0.2, 0.25) is 0 Å². The molecule has 2 fully saturated rings. The first kappa shape index (κ1) is 11.9. The molecule has 2 saturated heterocycles. The van der Waals surface area contributed by atoms with Crippen molar-refractivity contribution in [3.8, 4) is 0 Å². The van der Waals surface area contributed by atoms with Gasteiger partial charge in [-0.05, 0) is 18.6 Å². The number of aromatic nitrogens is 1. The highest BCUT2D eigenvalue weighted by atomic mass is 16.7. The van der Waals surface area contributed by atoms with Gasteiger partial charge in [-0.3, -0.25) is 4.98 Å². The topological polar surface area (TPSA) is 60.6 Å². The van der Waals surface area contributed by atoms with E-state index in [1.165, 1.54) is 0 Å². The fraction of sp³-hybridized carbons (Fsp3) is 0.615. The lowest BCUT2D eigenvalue weighted by atomic mass is 10.0. The smallest absolute Gasteiger partial charge is 0.186 e. The Morgan fingerprint density at radius 3 is 2.83 bits per heavy atom. The van der Waals surface area contributed by atoms with E-state index in [0.29, 0.717) is 19.8 Å². The number of hydrogen-bond acceptors (Lipinski definition) is 5. The van der Waals surface area contributed by atoms with Crippen molar-refractivity contribution in [2.45, 2.75) is 25.2 Å². The number of ether oxygens (including phenoxy) is 2. The average molecular weight is 249 g/mol. The largest absolute Gasteiger partial charge is 0.365 e. The maximum atomic E-state index is 5.77. The Morgan fingerprint density at radius 2 is 2.17 bits per heavy atom. The van der Waals surface area contributed by atoms with Crippen molar-refractivity contribution in [1.29, 1.82) is 0 Å². The molecule has 5 heteroatoms. The van der Waals surface area contributed by atoms with Crippen LogP contribution in [0.3, 0.4) is 0 Å². The van der Waals surface area contributed by atoms with Gasteiger partial charge in [0.2, 0.25) is 0 Å². The minimum atomic E-state index is -0.384. The molecule has 98 valence electrons. The summed E-state index contributed by atoms with van der Waals surface area (Å²) in [6.07, 6.45) is 3.95. The van der Waals surface area contributed by atoms with E-state index in [1.807, 2.05) is 12.3 Å². The molecule has 3 rings (SSSR count). The fourth-order valence-electron chi connectivity index (χ4n) is 2.67. The van der Waals surface area contributed by atoms with Crippen molar-refractivity contribution in [2.75, 3.05) is 31.2 Å². The van der Waals surface area contributed by atoms with E-state index in [4.69, 9.17) is 15.2 Å². The fourth-order valence-corrected chi connectivity index (χ4v) is 2.67. The van der Waals surface area contributed by atoms with Crippen LogP contribution < -0.4 is 10.6 Å². The van der Waals surface area contributed by atoms with E-state index in [1.54, 1.807) is 0 Å². The third kappa shape index (κ3) is 2.21. The third-order valence-electron chi connectivity index (χ3n) is 3.61. The number of pyridine rings is 1. The summed E-state index contributed by atoms with van der Waals surface area (Å²) in [5.74, 6) is -0.384. The number of rotatable bonds is 2. The van der Waals surface area contributed by atoms with Crippen LogP contribution in [0, 0.1) is 0 Å². The molecule has 1 aromatic rings. The van der Waals surface area contributed by atoms with Crippen molar-refractivity contribution in [1.82, 2.24) is 4.98 Å². The Bertz CT molecular complexity index is 401. The Hall–Kier alpha value is -1.17. The minimum Gasteiger partial charge on any atom is -0.365 e. The highest BCUT2D eigenvalue weighted by molar-refractivity contribution is 5.45. The van der Waals surface area contributed by atoms with Gasteiger partial charge in [0.1, 0.15) is 0 Å². The number of hydrogen-bond donors (Lipinski definition) is 1. The first-order valence-corrected chi connectivity index (χ1v) is 6.49. The van der Waals surface area contributed by atoms with Gasteiger partial charge in [-0.1, -0.05) is 0 Å². The summed E-state index contributed by atoms with van der Waals surface area (Å²) >= 11 is 0. The minimum absolute atomic E-state index is 0.384. The van der Waals surface area contributed by atoms with Crippen LogP contribution in [0.15, 0.2) is 18.3 Å². The Morgan fingerprint density at radius 1 is 1.33 bits per heavy atom. The van der Waals surface area contributed by atoms with Gasteiger partial charge in [0.25, 0.3) is 0 Å². The van der Waals surface area contributed by atoms with Gasteiger partial charge < -0.3 is 20.1 Å². The molecule has 5 nitrogen and oxygen atoms in total. The number of nitrogens with zero attached hydrogens (tertiary/aromatic N) is 2. The standard InChI is InChI=1S/C13H19N3O2/c14-8-11-2-3-12(9-15-11)16-5-1-4-13(10-16)17-6-7-18-13/h2-3,9H,1,4-8,10,14H2. The molecule has 2 aliphatic rings. The number of anilines is 1. The maximum Gasteiger partial charge on any atom is 0.186 e. The quantitative estimate of drug-likeness (QED) is 0.843. The Labute approximate surface area is 107 Å². The lowest BCUT2D eigenvalue weighted by molar-refractivity contribution is -0.161. The average Bonchev–Trinajstić information content (AvgIpc) is 2.87. The highest BCUT2D eigenvalue weighted by Gasteiger charge is 2.40. The molecule has 1 spiro atoms. The van der Waals surface area contributed by atoms with E-state index in [9.17, 15) is 0 Å². The first-order valence-electron chi connectivity index (χ1n) is 6.49. The van der Waals surface area contributed by atoms with Gasteiger partial charge in [0.15, 0.2) is 5.79 Å². The molecule has 0 amide bonds. The van der Waals surface area contributed by atoms with Gasteiger partial charge in [-0.2, -0.15) is 0 Å². The molecule has 3 heterocycles. The molecule has 2 aliphatic heterocycles. The predicted molar refractivity (Wildman–Crippen MR) is 68.2 cm³/mol. The van der Waals surface area contributed by atoms with Gasteiger partial charge in [-0.25, -0.2) is 0 Å². The summed E-state index contributed by atoms with van der Waals surface area (Å²) in [5, 5.41) is 0. The molecule has 2 N–H and O–H groups in total. The molecule has 0 saturated carbocycles. The molecular weight excluding hydrogens is 230 g/mol. The van der Waals surface area contributed by atoms with E-state index < -0.39 is 0 Å². The second-order valence-corrected chi connectivity index (χ2v) is 4.84. The van der Waals surface area contributed by atoms with Gasteiger partial charge in [0, 0.05) is 19.5 Å². The third-order valence-corrected chi connectivity index (χ3v) is 3.61. The van der Waals surface area contributed by atoms with Crippen molar-refractivity contribution < 1.29 is 9.47 Å². The van der Waals surface area contributed by atoms with Crippen molar-refractivity contribution in [2.24, 2.45) is 5.73 Å². The SMILES string of the molecule is NCc1ccc(N2CCCC3(C2)OCCO3)cn1. The van der Waals surface area contributed by atoms with Gasteiger partial charge in [-0.15, -0.1) is 0 Å². The van der Waals surface area contributed by atoms with E-state index in [-0.39, 0.29) is 5.79 Å². The molecule has 0 atom stereocenters. The van der Waals surface area contributed by atoms with Crippen molar-refractivity contribution in [3.63, 3.8) is 0 Å². The molecule has 0 bridgehead atoms. The Balaban J connectivity index is 1.74. The lowest BCUT2D eigenvalue weighted by Crippen LogP contribution is -2.49. The zero-order chi connectivity index (χ0) is 12.4. The number of nitrogens with two attached hydrogens (primary N) is 1. The summed E-state index contributed by atoms with van der Waals surface area (Å²) in [6, 6.07) is 4.05. The summed E-state index contributed by atoms with van der Waals surface area (Å²) in [4.78, 5) is 6.62. The second-order valence-electron chi connectivity index (χ2n) is 4.84. The lowest BCUT2D eigenvalue weighted by Gasteiger charge is -2.39. The normalized spacial score (nSPS) is 22.6. The highest BCUT2D eigenvalue weighted by Crippen LogP contribution is 2.32. The van der Waals surface area contributed by atoms with Crippen LogP contribution in [0.25, 0.3) is 0 Å². The molecular formula is C13H19N3O2. The zero-order valence-corrected chi connectivity index (χ0v) is 10.5. The summed E-state index contributed by atoms with van der Waals surface area (Å²) < 4.78 is 11.5. The van der Waals surface area contributed by atoms with Crippen LogP contribution in [-0.2, 0) is 16.0 Å². The maximum absolute atomic E-state index is 5.77. The van der Waals surface area contributed by atoms with E-state index >= 15 is 0 Å². The first-order chi connectivity index (χ1) is 8.81. The predicted octanol–water partition coefficient (Wildman–Crippen LogP) is 0.884.